The fourth-order valence-electron chi connectivity index (χ4n) is 3.52. The number of rotatable bonds is 12. The number of nitrogens with zero attached hydrogens (tertiary/aromatic N) is 3. The molecular formula is C25H31ClFN3O4. The molecule has 0 saturated carbocycles. The Morgan fingerprint density at radius 3 is 2.32 bits per heavy atom. The van der Waals surface area contributed by atoms with E-state index in [1.54, 1.807) is 0 Å². The van der Waals surface area contributed by atoms with Gasteiger partial charge >= 0.3 is 0 Å². The van der Waals surface area contributed by atoms with Gasteiger partial charge in [0.2, 0.25) is 0 Å². The molecule has 184 valence electrons. The molecule has 0 amide bonds. The summed E-state index contributed by atoms with van der Waals surface area (Å²) in [5.41, 5.74) is 3.17. The van der Waals surface area contributed by atoms with Crippen LogP contribution in [-0.2, 0) is 18.6 Å². The van der Waals surface area contributed by atoms with Crippen LogP contribution in [-0.4, -0.2) is 56.5 Å². The number of aliphatic hydroxyl groups is 2. The molecule has 3 aromatic rings. The summed E-state index contributed by atoms with van der Waals surface area (Å²) in [6, 6.07) is 13.8. The summed E-state index contributed by atoms with van der Waals surface area (Å²) < 4.78 is 25.3. The Bertz CT molecular complexity index is 1060. The third-order valence-corrected chi connectivity index (χ3v) is 6.00. The van der Waals surface area contributed by atoms with Crippen LogP contribution in [0.25, 0.3) is 0 Å². The lowest BCUT2D eigenvalue weighted by Gasteiger charge is -2.27. The molecule has 9 heteroatoms. The Labute approximate surface area is 204 Å². The number of hydrogen-bond acceptors (Lipinski definition) is 6. The zero-order valence-corrected chi connectivity index (χ0v) is 20.4. The summed E-state index contributed by atoms with van der Waals surface area (Å²) in [5, 5.41) is 27.2. The van der Waals surface area contributed by atoms with E-state index in [9.17, 15) is 14.6 Å². The van der Waals surface area contributed by atoms with Crippen molar-refractivity contribution in [3.8, 4) is 11.5 Å². The molecule has 0 spiro atoms. The Kier molecular flexibility index (Phi) is 8.88. The normalized spacial score (nSPS) is 13.5. The van der Waals surface area contributed by atoms with E-state index in [0.717, 1.165) is 22.4 Å². The average molecular weight is 491 g/mol. The minimum Gasteiger partial charge on any atom is -0.491 e. The predicted molar refractivity (Wildman–Crippen MR) is 128 cm³/mol. The van der Waals surface area contributed by atoms with E-state index in [4.69, 9.17) is 21.1 Å². The SMILES string of the molecule is Cc1cc(C(C)(C)c2ccc(OCC(O)Cn3cc(C[18F])nn3)cc2)ccc1OCC(O)CCl. The van der Waals surface area contributed by atoms with E-state index in [2.05, 4.69) is 30.2 Å². The maximum absolute atomic E-state index is 12.6. The number of aromatic nitrogens is 3. The summed E-state index contributed by atoms with van der Waals surface area (Å²) in [5.74, 6) is 1.49. The second kappa shape index (κ2) is 11.6. The van der Waals surface area contributed by atoms with Gasteiger partial charge in [0.25, 0.3) is 0 Å². The number of ether oxygens (including phenoxy) is 2. The van der Waals surface area contributed by atoms with Crippen LogP contribution in [0.3, 0.4) is 0 Å². The summed E-state index contributed by atoms with van der Waals surface area (Å²) in [4.78, 5) is 0. The lowest BCUT2D eigenvalue weighted by Crippen LogP contribution is -2.24. The van der Waals surface area contributed by atoms with Gasteiger partial charge in [-0.05, 0) is 41.8 Å². The van der Waals surface area contributed by atoms with Crippen molar-refractivity contribution in [3.05, 3.63) is 71.0 Å². The van der Waals surface area contributed by atoms with Crippen molar-refractivity contribution in [1.29, 1.82) is 0 Å². The zero-order chi connectivity index (χ0) is 24.7. The second-order valence-corrected chi connectivity index (χ2v) is 9.09. The fraction of sp³-hybridized carbons (Fsp3) is 0.440. The average Bonchev–Trinajstić information content (AvgIpc) is 3.29. The molecule has 34 heavy (non-hydrogen) atoms. The maximum atomic E-state index is 12.6. The second-order valence-electron chi connectivity index (χ2n) is 8.78. The van der Waals surface area contributed by atoms with Gasteiger partial charge in [-0.25, -0.2) is 9.07 Å². The zero-order valence-electron chi connectivity index (χ0n) is 19.6. The van der Waals surface area contributed by atoms with E-state index in [-0.39, 0.29) is 36.7 Å². The van der Waals surface area contributed by atoms with E-state index in [1.807, 2.05) is 43.3 Å². The summed E-state index contributed by atoms with van der Waals surface area (Å²) in [6.45, 7) is 5.97. The van der Waals surface area contributed by atoms with E-state index >= 15 is 0 Å². The fourth-order valence-corrected chi connectivity index (χ4v) is 3.60. The molecule has 0 aliphatic carbocycles. The van der Waals surface area contributed by atoms with Gasteiger partial charge in [-0.1, -0.05) is 43.3 Å². The molecule has 2 N–H and O–H groups in total. The van der Waals surface area contributed by atoms with E-state index in [0.29, 0.717) is 5.75 Å². The van der Waals surface area contributed by atoms with Crippen molar-refractivity contribution in [2.24, 2.45) is 0 Å². The standard InChI is InChI=1S/C25H31ClFN3O4/c1-17-10-19(6-9-24(17)34-15-21(31)11-26)25(2,3)18-4-7-23(8-5-18)33-16-22(32)14-30-13-20(12-27)28-29-30/h4-10,13,21-22,31-32H,11-12,14-16H2,1-3H3/i27-1. The number of hydrogen-bond donors (Lipinski definition) is 2. The van der Waals surface area contributed by atoms with E-state index < -0.39 is 18.9 Å². The molecule has 2 aromatic carbocycles. The van der Waals surface area contributed by atoms with Crippen LogP contribution in [0.2, 0.25) is 0 Å². The van der Waals surface area contributed by atoms with Gasteiger partial charge in [0, 0.05) is 5.41 Å². The van der Waals surface area contributed by atoms with Crippen molar-refractivity contribution in [1.82, 2.24) is 15.0 Å². The van der Waals surface area contributed by atoms with Gasteiger partial charge in [0.15, 0.2) is 0 Å². The quantitative estimate of drug-likeness (QED) is 0.375. The largest absolute Gasteiger partial charge is 0.491 e. The molecule has 2 atom stereocenters. The van der Waals surface area contributed by atoms with Gasteiger partial charge in [-0.15, -0.1) is 16.7 Å². The van der Waals surface area contributed by atoms with Gasteiger partial charge < -0.3 is 19.7 Å². The minimum absolute atomic E-state index is 0.0760. The van der Waals surface area contributed by atoms with Crippen molar-refractivity contribution in [2.45, 2.75) is 51.6 Å². The van der Waals surface area contributed by atoms with Crippen LogP contribution in [0.5, 0.6) is 11.5 Å². The van der Waals surface area contributed by atoms with Crippen molar-refractivity contribution >= 4 is 11.6 Å². The van der Waals surface area contributed by atoms with E-state index in [1.165, 1.54) is 10.9 Å². The summed E-state index contributed by atoms with van der Waals surface area (Å²) >= 11 is 5.63. The molecule has 0 aliphatic heterocycles. The lowest BCUT2D eigenvalue weighted by molar-refractivity contribution is 0.0888. The highest BCUT2D eigenvalue weighted by Gasteiger charge is 2.24. The minimum atomic E-state index is -0.806. The molecule has 0 bridgehead atoms. The van der Waals surface area contributed by atoms with Crippen LogP contribution in [0.4, 0.5) is 4.39 Å². The first kappa shape index (κ1) is 25.9. The first-order valence-corrected chi connectivity index (χ1v) is 11.6. The number of aryl methyl sites for hydroxylation is 1. The smallest absolute Gasteiger partial charge is 0.135 e. The van der Waals surface area contributed by atoms with Gasteiger partial charge in [0.05, 0.1) is 18.6 Å². The van der Waals surface area contributed by atoms with Crippen molar-refractivity contribution < 1.29 is 24.1 Å². The number of alkyl halides is 2. The van der Waals surface area contributed by atoms with Gasteiger partial charge in [-0.3, -0.25) is 0 Å². The molecule has 0 radical (unpaired) electrons. The first-order chi connectivity index (χ1) is 16.2. The molecule has 7 nitrogen and oxygen atoms in total. The van der Waals surface area contributed by atoms with Crippen LogP contribution in [0.15, 0.2) is 48.7 Å². The first-order valence-electron chi connectivity index (χ1n) is 11.1. The van der Waals surface area contributed by atoms with Crippen LogP contribution < -0.4 is 9.47 Å². The van der Waals surface area contributed by atoms with Crippen molar-refractivity contribution in [3.63, 3.8) is 0 Å². The number of halogens is 2. The van der Waals surface area contributed by atoms with Crippen LogP contribution in [0.1, 0.15) is 36.2 Å². The number of benzene rings is 2. The Balaban J connectivity index is 1.59. The third-order valence-electron chi connectivity index (χ3n) is 5.65. The Morgan fingerprint density at radius 1 is 1.03 bits per heavy atom. The highest BCUT2D eigenvalue weighted by molar-refractivity contribution is 6.18. The topological polar surface area (TPSA) is 89.6 Å². The van der Waals surface area contributed by atoms with Crippen LogP contribution >= 0.6 is 11.6 Å². The molecule has 0 saturated heterocycles. The number of aliphatic hydroxyl groups excluding tert-OH is 2. The third kappa shape index (κ3) is 6.68. The molecule has 0 fully saturated rings. The van der Waals surface area contributed by atoms with Gasteiger partial charge in [0.1, 0.15) is 49.3 Å². The predicted octanol–water partition coefficient (Wildman–Crippen LogP) is 3.80. The molecule has 1 heterocycles. The maximum Gasteiger partial charge on any atom is 0.135 e. The summed E-state index contributed by atoms with van der Waals surface area (Å²) in [7, 11) is 0. The Hall–Kier alpha value is -2.68. The summed E-state index contributed by atoms with van der Waals surface area (Å²) in [6.07, 6.45) is -0.0423. The lowest BCUT2D eigenvalue weighted by atomic mass is 9.77. The monoisotopic (exact) mass is 490 g/mol. The molecule has 1 aromatic heterocycles. The highest BCUT2D eigenvalue weighted by atomic mass is 35.5. The highest BCUT2D eigenvalue weighted by Crippen LogP contribution is 2.34. The van der Waals surface area contributed by atoms with Crippen LogP contribution in [0, 0.1) is 6.92 Å². The Morgan fingerprint density at radius 2 is 1.71 bits per heavy atom. The molecule has 3 rings (SSSR count). The molecular weight excluding hydrogens is 460 g/mol. The van der Waals surface area contributed by atoms with Gasteiger partial charge in [-0.2, -0.15) is 0 Å². The molecule has 0 aliphatic rings. The molecule has 2 unspecified atom stereocenters. The van der Waals surface area contributed by atoms with Crippen molar-refractivity contribution in [2.75, 3.05) is 19.1 Å².